The number of amides is 1. The fourth-order valence-electron chi connectivity index (χ4n) is 5.95. The molecule has 10 heteroatoms. The molecule has 3 aliphatic rings. The number of nitrogens with zero attached hydrogens (tertiary/aromatic N) is 3. The van der Waals surface area contributed by atoms with Gasteiger partial charge in [0.1, 0.15) is 12.8 Å². The minimum atomic E-state index is -1.82. The molecule has 5 rings (SSSR count). The third-order valence-corrected chi connectivity index (χ3v) is 10.5. The van der Waals surface area contributed by atoms with E-state index in [9.17, 15) is 23.0 Å². The normalized spacial score (nSPS) is 34.2. The summed E-state index contributed by atoms with van der Waals surface area (Å²) in [6, 6.07) is 8.05. The van der Waals surface area contributed by atoms with Crippen LogP contribution in [0.5, 0.6) is 0 Å². The van der Waals surface area contributed by atoms with Crippen molar-refractivity contribution in [2.75, 3.05) is 25.1 Å². The number of hydrogen-bond acceptors (Lipinski definition) is 7. The van der Waals surface area contributed by atoms with Crippen LogP contribution in [0.4, 0.5) is 5.69 Å². The maximum Gasteiger partial charge on any atom is 0.291 e. The lowest BCUT2D eigenvalue weighted by Gasteiger charge is -2.43. The highest BCUT2D eigenvalue weighted by molar-refractivity contribution is 6.76. The summed E-state index contributed by atoms with van der Waals surface area (Å²) in [5, 5.41) is 33.3. The van der Waals surface area contributed by atoms with E-state index in [-0.39, 0.29) is 30.1 Å². The highest BCUT2D eigenvalue weighted by Gasteiger charge is 2.55. The number of imidazole rings is 1. The second-order valence-corrected chi connectivity index (χ2v) is 19.9. The molecular weight excluding hydrogens is 572 g/mol. The molecule has 1 aliphatic carbocycles. The molecule has 6 atom stereocenters. The van der Waals surface area contributed by atoms with Gasteiger partial charge in [-0.3, -0.25) is 4.79 Å². The second kappa shape index (κ2) is 12.5. The second-order valence-electron chi connectivity index (χ2n) is 14.3. The van der Waals surface area contributed by atoms with Gasteiger partial charge in [0.15, 0.2) is 5.69 Å². The van der Waals surface area contributed by atoms with Crippen molar-refractivity contribution in [1.82, 2.24) is 9.55 Å². The van der Waals surface area contributed by atoms with Gasteiger partial charge in [-0.1, -0.05) is 45.6 Å². The first-order chi connectivity index (χ1) is 22.4. The molecule has 2 bridgehead atoms. The van der Waals surface area contributed by atoms with Gasteiger partial charge >= 0.3 is 0 Å². The number of nitrogens with one attached hydrogen (secondary N) is 1. The van der Waals surface area contributed by atoms with Gasteiger partial charge in [0.05, 0.1) is 24.4 Å². The van der Waals surface area contributed by atoms with E-state index in [2.05, 4.69) is 49.9 Å². The number of aromatic nitrogens is 2. The first-order valence-electron chi connectivity index (χ1n) is 17.6. The highest BCUT2D eigenvalue weighted by Crippen LogP contribution is 2.53. The molecule has 2 saturated heterocycles. The molecule has 2 aliphatic heterocycles. The van der Waals surface area contributed by atoms with E-state index in [0.29, 0.717) is 29.8 Å². The Kier molecular flexibility index (Phi) is 7.83. The van der Waals surface area contributed by atoms with Crippen LogP contribution in [0.1, 0.15) is 97.5 Å². The van der Waals surface area contributed by atoms with Gasteiger partial charge in [0.25, 0.3) is 5.91 Å². The number of allylic oxidation sites excluding steroid dienone is 2. The Hall–Kier alpha value is -2.81. The van der Waals surface area contributed by atoms with Crippen molar-refractivity contribution in [1.29, 1.82) is 5.26 Å². The molecule has 1 aromatic carbocycles. The zero-order valence-electron chi connectivity index (χ0n) is 30.4. The molecule has 44 heavy (non-hydrogen) atoms. The molecule has 0 saturated carbocycles. The number of ether oxygens (including phenoxy) is 2. The zero-order valence-corrected chi connectivity index (χ0v) is 27.4. The van der Waals surface area contributed by atoms with Gasteiger partial charge in [-0.15, -0.1) is 0 Å². The minimum Gasteiger partial charge on any atom is -0.393 e. The molecule has 2 aromatic rings. The molecule has 3 N–H and O–H groups in total. The summed E-state index contributed by atoms with van der Waals surface area (Å²) in [5.41, 5.74) is -0.712. The number of anilines is 1. The molecule has 0 radical (unpaired) electrons. The molecular formula is C34H48N4O5Si. The molecule has 0 spiro atoms. The van der Waals surface area contributed by atoms with Crippen molar-refractivity contribution in [3.05, 3.63) is 53.1 Å². The van der Waals surface area contributed by atoms with Crippen molar-refractivity contribution in [3.8, 4) is 6.07 Å². The zero-order chi connectivity index (χ0) is 35.3. The Labute approximate surface area is 267 Å². The van der Waals surface area contributed by atoms with Gasteiger partial charge in [-0.05, 0) is 85.5 Å². The Balaban J connectivity index is 1.52. The van der Waals surface area contributed by atoms with Gasteiger partial charge in [-0.2, -0.15) is 5.26 Å². The third kappa shape index (κ3) is 7.18. The largest absolute Gasteiger partial charge is 0.393 e. The smallest absolute Gasteiger partial charge is 0.291 e. The van der Waals surface area contributed by atoms with Gasteiger partial charge in [0.2, 0.25) is 5.82 Å². The molecule has 3 heterocycles. The lowest BCUT2D eigenvalue weighted by atomic mass is 9.75. The standard InChI is InChI=1S/C34H48N4O5Si/c1-32(2)10-8-24(9-11-32)28-16-25(26-17-33(21-39)12-13-34(18-26,22-40)43-33)6-7-29(28)37-31(41)30-36-27(19-35)20-38(30)23-42-14-15-44(3,4)5/h6-8,16,20,26,39-40H,9-15,17-18,21-23H2,1-5H3,(H,37,41)/i12D,13D,17D,26D. The summed E-state index contributed by atoms with van der Waals surface area (Å²) >= 11 is 0. The molecule has 6 unspecified atom stereocenters. The van der Waals surface area contributed by atoms with Crippen molar-refractivity contribution in [2.45, 2.75) is 108 Å². The summed E-state index contributed by atoms with van der Waals surface area (Å²) in [6.07, 6.45) is 1.80. The van der Waals surface area contributed by atoms with Crippen LogP contribution in [0.3, 0.4) is 0 Å². The van der Waals surface area contributed by atoms with Crippen LogP contribution in [0, 0.1) is 16.7 Å². The van der Waals surface area contributed by atoms with Gasteiger partial charge in [0, 0.05) is 37.6 Å². The fourth-order valence-corrected chi connectivity index (χ4v) is 6.70. The predicted molar refractivity (Wildman–Crippen MR) is 173 cm³/mol. The SMILES string of the molecule is [2H]C1C([2H])C2(CO)OC1(CO)CC([2H])(c1ccc(NC(=O)c3nc(C#N)cn3COCC[Si](C)(C)C)c(C3=CCC(C)(C)CC3)c1)C2[2H]. The first kappa shape index (κ1) is 27.5. The van der Waals surface area contributed by atoms with Crippen LogP contribution >= 0.6 is 0 Å². The van der Waals surface area contributed by atoms with Gasteiger partial charge < -0.3 is 29.6 Å². The first-order valence-corrected chi connectivity index (χ1v) is 19.0. The van der Waals surface area contributed by atoms with Crippen molar-refractivity contribution in [2.24, 2.45) is 5.41 Å². The average Bonchev–Trinajstić information content (AvgIpc) is 3.54. The number of fused-ring (bicyclic) bond motifs is 2. The van der Waals surface area contributed by atoms with Crippen LogP contribution < -0.4 is 5.32 Å². The summed E-state index contributed by atoms with van der Waals surface area (Å²) in [5.74, 6) is -2.25. The number of hydrogen-bond donors (Lipinski definition) is 3. The monoisotopic (exact) mass is 624 g/mol. The van der Waals surface area contributed by atoms with Gasteiger partial charge in [-0.25, -0.2) is 4.98 Å². The van der Waals surface area contributed by atoms with Crippen LogP contribution in [0.2, 0.25) is 25.7 Å². The Morgan fingerprint density at radius 1 is 1.30 bits per heavy atom. The predicted octanol–water partition coefficient (Wildman–Crippen LogP) is 6.06. The maximum absolute atomic E-state index is 13.8. The highest BCUT2D eigenvalue weighted by atomic mass is 28.3. The van der Waals surface area contributed by atoms with E-state index >= 15 is 0 Å². The fraction of sp³-hybridized carbons (Fsp3) is 0.618. The van der Waals surface area contributed by atoms with E-state index in [0.717, 1.165) is 24.5 Å². The lowest BCUT2D eigenvalue weighted by molar-refractivity contribution is -0.177. The number of nitriles is 1. The number of carbonyl (C=O) groups is 1. The summed E-state index contributed by atoms with van der Waals surface area (Å²) < 4.78 is 49.6. The topological polar surface area (TPSA) is 130 Å². The quantitative estimate of drug-likeness (QED) is 0.205. The number of carbonyl (C=O) groups excluding carboxylic acids is 1. The molecule has 1 aromatic heterocycles. The average molecular weight is 625 g/mol. The maximum atomic E-state index is 13.8. The third-order valence-electron chi connectivity index (χ3n) is 8.76. The van der Waals surface area contributed by atoms with E-state index in [1.54, 1.807) is 18.2 Å². The number of benzene rings is 1. The summed E-state index contributed by atoms with van der Waals surface area (Å²) in [6.45, 7) is 10.4. The Morgan fingerprint density at radius 2 is 2.05 bits per heavy atom. The van der Waals surface area contributed by atoms with Crippen LogP contribution in [0.15, 0.2) is 30.5 Å². The lowest BCUT2D eigenvalue weighted by Crippen LogP contribution is -2.47. The Morgan fingerprint density at radius 3 is 2.70 bits per heavy atom. The van der Waals surface area contributed by atoms with Crippen molar-refractivity contribution in [3.63, 3.8) is 0 Å². The summed E-state index contributed by atoms with van der Waals surface area (Å²) in [7, 11) is -1.33. The summed E-state index contributed by atoms with van der Waals surface area (Å²) in [4.78, 5) is 18.0. The molecule has 2 fully saturated rings. The number of aliphatic hydroxyl groups excluding tert-OH is 2. The molecule has 1 amide bonds. The van der Waals surface area contributed by atoms with E-state index in [1.165, 1.54) is 10.8 Å². The van der Waals surface area contributed by atoms with Crippen LogP contribution in [0.25, 0.3) is 5.57 Å². The van der Waals surface area contributed by atoms with Crippen molar-refractivity contribution >= 4 is 25.2 Å². The van der Waals surface area contributed by atoms with E-state index in [4.69, 9.17) is 12.2 Å². The number of rotatable bonds is 11. The number of aliphatic hydroxyl groups is 2. The van der Waals surface area contributed by atoms with E-state index < -0.39 is 63.5 Å². The molecule has 9 nitrogen and oxygen atoms in total. The van der Waals surface area contributed by atoms with Crippen LogP contribution in [-0.2, 0) is 16.2 Å². The minimum absolute atomic E-state index is 0.0234. The van der Waals surface area contributed by atoms with Crippen LogP contribution in [-0.4, -0.2) is 64.8 Å². The van der Waals surface area contributed by atoms with E-state index in [1.807, 2.05) is 6.07 Å². The Bertz CT molecular complexity index is 1620. The molecule has 238 valence electrons. The van der Waals surface area contributed by atoms with Crippen molar-refractivity contribution < 1.29 is 30.0 Å².